The van der Waals surface area contributed by atoms with Crippen molar-refractivity contribution >= 4 is 6.09 Å². The van der Waals surface area contributed by atoms with E-state index in [0.29, 0.717) is 12.1 Å². The van der Waals surface area contributed by atoms with Gasteiger partial charge in [0.05, 0.1) is 11.6 Å². The molecular weight excluding hydrogens is 312 g/mol. The van der Waals surface area contributed by atoms with Crippen molar-refractivity contribution < 1.29 is 9.53 Å². The molecule has 2 atom stereocenters. The van der Waals surface area contributed by atoms with Gasteiger partial charge in [-0.3, -0.25) is 0 Å². The molecule has 4 heteroatoms. The summed E-state index contributed by atoms with van der Waals surface area (Å²) in [6.45, 7) is 13.2. The number of amides is 1. The molecule has 1 heterocycles. The number of carbonyl (C=O) groups is 1. The van der Waals surface area contributed by atoms with Gasteiger partial charge in [0.25, 0.3) is 0 Å². The molecule has 1 aliphatic carbocycles. The van der Waals surface area contributed by atoms with Crippen LogP contribution in [0.15, 0.2) is 18.2 Å². The smallest absolute Gasteiger partial charge is 0.410 e. The third-order valence-electron chi connectivity index (χ3n) is 6.35. The highest BCUT2D eigenvalue weighted by molar-refractivity contribution is 5.69. The minimum atomic E-state index is -0.497. The van der Waals surface area contributed by atoms with Crippen LogP contribution < -0.4 is 0 Å². The van der Waals surface area contributed by atoms with E-state index in [9.17, 15) is 10.1 Å². The Hall–Kier alpha value is -2.02. The molecule has 0 spiro atoms. The van der Waals surface area contributed by atoms with Gasteiger partial charge in [0.1, 0.15) is 5.60 Å². The van der Waals surface area contributed by atoms with Crippen molar-refractivity contribution in [3.05, 3.63) is 34.9 Å². The molecular formula is C21H28N2O2. The SMILES string of the molecule is CC(C)(C)OC(=O)N1CC[C@@]2(C)c3ccc(C#N)cc3CC1C2(C)C. The average Bonchev–Trinajstić information content (AvgIpc) is 2.48. The second kappa shape index (κ2) is 5.49. The van der Waals surface area contributed by atoms with Gasteiger partial charge in [-0.05, 0) is 62.3 Å². The number of fused-ring (bicyclic) bond motifs is 4. The molecule has 1 fully saturated rings. The molecule has 1 saturated heterocycles. The van der Waals surface area contributed by atoms with E-state index in [4.69, 9.17) is 4.74 Å². The van der Waals surface area contributed by atoms with Crippen LogP contribution in [-0.2, 0) is 16.6 Å². The van der Waals surface area contributed by atoms with Gasteiger partial charge < -0.3 is 9.64 Å². The van der Waals surface area contributed by atoms with E-state index >= 15 is 0 Å². The summed E-state index contributed by atoms with van der Waals surface area (Å²) in [6.07, 6.45) is 1.44. The van der Waals surface area contributed by atoms with Gasteiger partial charge in [0.2, 0.25) is 0 Å². The van der Waals surface area contributed by atoms with Gasteiger partial charge in [-0.15, -0.1) is 0 Å². The third-order valence-corrected chi connectivity index (χ3v) is 6.35. The Morgan fingerprint density at radius 2 is 2.00 bits per heavy atom. The van der Waals surface area contributed by atoms with Crippen LogP contribution in [0.4, 0.5) is 4.79 Å². The van der Waals surface area contributed by atoms with Gasteiger partial charge in [0, 0.05) is 18.0 Å². The van der Waals surface area contributed by atoms with Crippen molar-refractivity contribution in [1.82, 2.24) is 4.90 Å². The maximum Gasteiger partial charge on any atom is 0.410 e. The Morgan fingerprint density at radius 3 is 2.60 bits per heavy atom. The first kappa shape index (κ1) is 17.8. The van der Waals surface area contributed by atoms with Crippen LogP contribution in [0.3, 0.4) is 0 Å². The Bertz CT molecular complexity index is 754. The first-order valence-electron chi connectivity index (χ1n) is 9.03. The van der Waals surface area contributed by atoms with Crippen LogP contribution >= 0.6 is 0 Å². The quantitative estimate of drug-likeness (QED) is 0.703. The van der Waals surface area contributed by atoms with Crippen LogP contribution in [0.5, 0.6) is 0 Å². The second-order valence-electron chi connectivity index (χ2n) is 9.18. The minimum Gasteiger partial charge on any atom is -0.444 e. The van der Waals surface area contributed by atoms with Crippen molar-refractivity contribution in [3.8, 4) is 6.07 Å². The van der Waals surface area contributed by atoms with Gasteiger partial charge in [-0.2, -0.15) is 5.26 Å². The summed E-state index contributed by atoms with van der Waals surface area (Å²) in [5, 5.41) is 9.24. The van der Waals surface area contributed by atoms with E-state index in [1.807, 2.05) is 37.8 Å². The summed E-state index contributed by atoms with van der Waals surface area (Å²) >= 11 is 0. The lowest BCUT2D eigenvalue weighted by Crippen LogP contribution is -2.65. The summed E-state index contributed by atoms with van der Waals surface area (Å²) in [7, 11) is 0. The monoisotopic (exact) mass is 340 g/mol. The molecule has 2 bridgehead atoms. The summed E-state index contributed by atoms with van der Waals surface area (Å²) in [6, 6.07) is 8.34. The van der Waals surface area contributed by atoms with E-state index in [1.54, 1.807) is 0 Å². The molecule has 1 aliphatic heterocycles. The number of ether oxygens (including phenoxy) is 1. The Morgan fingerprint density at radius 1 is 1.32 bits per heavy atom. The van der Waals surface area contributed by atoms with Crippen molar-refractivity contribution in [2.75, 3.05) is 6.54 Å². The van der Waals surface area contributed by atoms with Crippen LogP contribution in [-0.4, -0.2) is 29.2 Å². The molecule has 1 unspecified atom stereocenters. The van der Waals surface area contributed by atoms with E-state index < -0.39 is 5.60 Å². The summed E-state index contributed by atoms with van der Waals surface area (Å²) in [5.74, 6) is 0. The van der Waals surface area contributed by atoms with E-state index in [2.05, 4.69) is 32.9 Å². The first-order chi connectivity index (χ1) is 11.5. The van der Waals surface area contributed by atoms with E-state index in [0.717, 1.165) is 12.8 Å². The highest BCUT2D eigenvalue weighted by Gasteiger charge is 2.57. The lowest BCUT2D eigenvalue weighted by atomic mass is 9.51. The fraction of sp³-hybridized carbons (Fsp3) is 0.619. The molecule has 0 radical (unpaired) electrons. The Balaban J connectivity index is 2.03. The average molecular weight is 340 g/mol. The molecule has 134 valence electrons. The van der Waals surface area contributed by atoms with Crippen molar-refractivity contribution in [2.24, 2.45) is 5.41 Å². The summed E-state index contributed by atoms with van der Waals surface area (Å²) in [5.41, 5.74) is 2.63. The zero-order valence-electron chi connectivity index (χ0n) is 16.1. The maximum atomic E-state index is 12.8. The van der Waals surface area contributed by atoms with Crippen LogP contribution in [0.1, 0.15) is 64.7 Å². The predicted octanol–water partition coefficient (Wildman–Crippen LogP) is 4.41. The topological polar surface area (TPSA) is 53.3 Å². The number of nitrogens with zero attached hydrogens (tertiary/aromatic N) is 2. The number of nitriles is 1. The van der Waals surface area contributed by atoms with E-state index in [-0.39, 0.29) is 23.0 Å². The minimum absolute atomic E-state index is 0.0161. The fourth-order valence-electron chi connectivity index (χ4n) is 4.54. The maximum absolute atomic E-state index is 12.8. The molecule has 25 heavy (non-hydrogen) atoms. The lowest BCUT2D eigenvalue weighted by molar-refractivity contribution is -0.0521. The Kier molecular flexibility index (Phi) is 3.91. The first-order valence-corrected chi connectivity index (χ1v) is 9.03. The van der Waals surface area contributed by atoms with Crippen LogP contribution in [0, 0.1) is 16.7 Å². The standard InChI is InChI=1S/C21H28N2O2/c1-19(2,3)25-18(24)23-10-9-21(6)16-8-7-14(13-22)11-15(16)12-17(23)20(21,4)5/h7-8,11,17H,9-10,12H2,1-6H3/t17?,21-/m0/s1. The largest absolute Gasteiger partial charge is 0.444 e. The lowest BCUT2D eigenvalue weighted by Gasteiger charge is -2.60. The highest BCUT2D eigenvalue weighted by atomic mass is 16.6. The van der Waals surface area contributed by atoms with Gasteiger partial charge >= 0.3 is 6.09 Å². The molecule has 2 aliphatic rings. The zero-order chi connectivity index (χ0) is 18.6. The molecule has 1 aromatic rings. The number of likely N-dealkylation sites (tertiary alicyclic amines) is 1. The normalized spacial score (nSPS) is 27.2. The predicted molar refractivity (Wildman–Crippen MR) is 97.3 cm³/mol. The van der Waals surface area contributed by atoms with E-state index in [1.165, 1.54) is 11.1 Å². The van der Waals surface area contributed by atoms with Crippen molar-refractivity contribution in [3.63, 3.8) is 0 Å². The van der Waals surface area contributed by atoms with Crippen molar-refractivity contribution in [2.45, 2.75) is 71.4 Å². The van der Waals surface area contributed by atoms with Gasteiger partial charge in [-0.1, -0.05) is 26.8 Å². The highest BCUT2D eigenvalue weighted by Crippen LogP contribution is 2.56. The number of piperidine rings is 1. The van der Waals surface area contributed by atoms with Crippen LogP contribution in [0.25, 0.3) is 0 Å². The summed E-state index contributed by atoms with van der Waals surface area (Å²) < 4.78 is 5.66. The molecule has 0 N–H and O–H groups in total. The number of hydrogen-bond donors (Lipinski definition) is 0. The zero-order valence-corrected chi connectivity index (χ0v) is 16.1. The second-order valence-corrected chi connectivity index (χ2v) is 9.18. The number of benzene rings is 1. The fourth-order valence-corrected chi connectivity index (χ4v) is 4.54. The Labute approximate surface area is 150 Å². The molecule has 3 rings (SSSR count). The van der Waals surface area contributed by atoms with Gasteiger partial charge in [0.15, 0.2) is 0 Å². The summed E-state index contributed by atoms with van der Waals surface area (Å²) in [4.78, 5) is 14.7. The molecule has 1 amide bonds. The number of rotatable bonds is 0. The van der Waals surface area contributed by atoms with Gasteiger partial charge in [-0.25, -0.2) is 4.79 Å². The molecule has 0 aromatic heterocycles. The molecule has 1 aromatic carbocycles. The molecule has 4 nitrogen and oxygen atoms in total. The number of carbonyl (C=O) groups excluding carboxylic acids is 1. The third kappa shape index (κ3) is 2.70. The van der Waals surface area contributed by atoms with Crippen molar-refractivity contribution in [1.29, 1.82) is 5.26 Å². The number of hydrogen-bond acceptors (Lipinski definition) is 3. The molecule has 0 saturated carbocycles. The van der Waals surface area contributed by atoms with Crippen LogP contribution in [0.2, 0.25) is 0 Å².